The van der Waals surface area contributed by atoms with Crippen molar-refractivity contribution in [1.82, 2.24) is 0 Å². The Balaban J connectivity index is 2.17. The molecule has 0 heterocycles. The van der Waals surface area contributed by atoms with Gasteiger partial charge in [0.15, 0.2) is 0 Å². The highest BCUT2D eigenvalue weighted by molar-refractivity contribution is 5.92. The van der Waals surface area contributed by atoms with Gasteiger partial charge in [0.2, 0.25) is 0 Å². The van der Waals surface area contributed by atoms with Crippen LogP contribution in [0.4, 0.5) is 0 Å². The standard InChI is InChI=1S/C11H16O/c1-10-4-3-7-5-8(10)9(12)11(7,2)6-10/h7-8H,3-6H2,1-2H3/t7-,8+,10-,11-/m1/s1. The topological polar surface area (TPSA) is 17.1 Å². The number of hydrogen-bond donors (Lipinski definition) is 0. The maximum Gasteiger partial charge on any atom is 0.142 e. The van der Waals surface area contributed by atoms with Crippen molar-refractivity contribution >= 4 is 5.78 Å². The van der Waals surface area contributed by atoms with Gasteiger partial charge in [0, 0.05) is 11.3 Å². The highest BCUT2D eigenvalue weighted by atomic mass is 16.1. The second kappa shape index (κ2) is 1.64. The number of carbonyl (C=O) groups excluding carboxylic acids is 1. The monoisotopic (exact) mass is 164 g/mol. The predicted octanol–water partition coefficient (Wildman–Crippen LogP) is 2.40. The van der Waals surface area contributed by atoms with E-state index in [9.17, 15) is 4.79 Å². The summed E-state index contributed by atoms with van der Waals surface area (Å²) in [5.74, 6) is 1.80. The van der Waals surface area contributed by atoms with Crippen molar-refractivity contribution in [3.8, 4) is 0 Å². The quantitative estimate of drug-likeness (QED) is 0.537. The van der Waals surface area contributed by atoms with Crippen LogP contribution in [-0.2, 0) is 4.79 Å². The molecular weight excluding hydrogens is 148 g/mol. The Morgan fingerprint density at radius 2 is 2.17 bits per heavy atom. The maximum atomic E-state index is 12.0. The highest BCUT2D eigenvalue weighted by Crippen LogP contribution is 2.69. The zero-order valence-corrected chi connectivity index (χ0v) is 7.89. The predicted molar refractivity (Wildman–Crippen MR) is 46.7 cm³/mol. The van der Waals surface area contributed by atoms with Crippen LogP contribution in [0, 0.1) is 22.7 Å². The van der Waals surface area contributed by atoms with E-state index in [1.54, 1.807) is 0 Å². The lowest BCUT2D eigenvalue weighted by Crippen LogP contribution is -2.38. The lowest BCUT2D eigenvalue weighted by molar-refractivity contribution is -0.125. The summed E-state index contributed by atoms with van der Waals surface area (Å²) in [6, 6.07) is 0. The van der Waals surface area contributed by atoms with E-state index in [0.29, 0.717) is 17.1 Å². The summed E-state index contributed by atoms with van der Waals surface area (Å²) < 4.78 is 0. The van der Waals surface area contributed by atoms with E-state index in [1.807, 2.05) is 0 Å². The number of hydrogen-bond acceptors (Lipinski definition) is 1. The second-order valence-corrected chi connectivity index (χ2v) is 5.64. The first-order valence-electron chi connectivity index (χ1n) is 5.11. The van der Waals surface area contributed by atoms with Gasteiger partial charge in [-0.1, -0.05) is 13.8 Å². The van der Waals surface area contributed by atoms with Crippen LogP contribution in [0.5, 0.6) is 0 Å². The summed E-state index contributed by atoms with van der Waals surface area (Å²) >= 11 is 0. The van der Waals surface area contributed by atoms with Crippen LogP contribution in [0.1, 0.15) is 39.5 Å². The van der Waals surface area contributed by atoms with Crippen molar-refractivity contribution in [3.05, 3.63) is 0 Å². The molecule has 4 bridgehead atoms. The van der Waals surface area contributed by atoms with Crippen LogP contribution >= 0.6 is 0 Å². The van der Waals surface area contributed by atoms with E-state index in [0.717, 1.165) is 5.92 Å². The molecule has 4 rings (SSSR count). The maximum absolute atomic E-state index is 12.0. The zero-order valence-electron chi connectivity index (χ0n) is 7.89. The molecule has 0 aromatic rings. The van der Waals surface area contributed by atoms with E-state index in [1.165, 1.54) is 25.7 Å². The Hall–Kier alpha value is -0.330. The molecule has 1 nitrogen and oxygen atoms in total. The Labute approximate surface area is 73.5 Å². The summed E-state index contributed by atoms with van der Waals surface area (Å²) in [4.78, 5) is 12.0. The van der Waals surface area contributed by atoms with Crippen molar-refractivity contribution in [1.29, 1.82) is 0 Å². The van der Waals surface area contributed by atoms with Gasteiger partial charge in [-0.15, -0.1) is 0 Å². The molecule has 0 aliphatic heterocycles. The molecule has 4 aliphatic rings. The number of carbonyl (C=O) groups is 1. The lowest BCUT2D eigenvalue weighted by Gasteiger charge is -2.46. The fourth-order valence-electron chi connectivity index (χ4n) is 4.25. The normalized spacial score (nSPS) is 61.7. The highest BCUT2D eigenvalue weighted by Gasteiger charge is 2.67. The van der Waals surface area contributed by atoms with E-state index >= 15 is 0 Å². The van der Waals surface area contributed by atoms with Gasteiger partial charge >= 0.3 is 0 Å². The van der Waals surface area contributed by atoms with E-state index in [2.05, 4.69) is 13.8 Å². The van der Waals surface area contributed by atoms with Crippen molar-refractivity contribution in [2.24, 2.45) is 22.7 Å². The lowest BCUT2D eigenvalue weighted by atomic mass is 9.57. The van der Waals surface area contributed by atoms with Crippen molar-refractivity contribution in [3.63, 3.8) is 0 Å². The smallest absolute Gasteiger partial charge is 0.142 e. The van der Waals surface area contributed by atoms with Gasteiger partial charge in [-0.05, 0) is 37.0 Å². The molecular formula is C11H16O. The molecule has 4 saturated carbocycles. The van der Waals surface area contributed by atoms with E-state index < -0.39 is 0 Å². The molecule has 4 atom stereocenters. The summed E-state index contributed by atoms with van der Waals surface area (Å²) in [7, 11) is 0. The van der Waals surface area contributed by atoms with Gasteiger partial charge in [-0.25, -0.2) is 0 Å². The molecule has 0 aromatic carbocycles. The van der Waals surface area contributed by atoms with Gasteiger partial charge in [-0.2, -0.15) is 0 Å². The number of Topliss-reactive ketones (excluding diaryl/α,β-unsaturated/α-hetero) is 1. The van der Waals surface area contributed by atoms with Crippen LogP contribution < -0.4 is 0 Å². The Bertz CT molecular complexity index is 270. The summed E-state index contributed by atoms with van der Waals surface area (Å²) in [6.45, 7) is 4.54. The first-order chi connectivity index (χ1) is 5.56. The molecule has 0 aromatic heterocycles. The third-order valence-electron chi connectivity index (χ3n) is 4.98. The molecule has 0 spiro atoms. The molecule has 12 heavy (non-hydrogen) atoms. The molecule has 0 saturated heterocycles. The van der Waals surface area contributed by atoms with Crippen molar-refractivity contribution < 1.29 is 4.79 Å². The molecule has 0 unspecified atom stereocenters. The van der Waals surface area contributed by atoms with Gasteiger partial charge in [0.25, 0.3) is 0 Å². The first-order valence-corrected chi connectivity index (χ1v) is 5.11. The number of ketones is 1. The first kappa shape index (κ1) is 7.11. The summed E-state index contributed by atoms with van der Waals surface area (Å²) in [6.07, 6.45) is 5.03. The van der Waals surface area contributed by atoms with Gasteiger partial charge in [0.05, 0.1) is 0 Å². The minimum absolute atomic E-state index is 0.109. The van der Waals surface area contributed by atoms with Gasteiger partial charge in [0.1, 0.15) is 5.78 Å². The molecule has 1 heteroatoms. The molecule has 66 valence electrons. The average Bonchev–Trinajstić information content (AvgIpc) is 2.32. The van der Waals surface area contributed by atoms with Crippen LogP contribution in [0.25, 0.3) is 0 Å². The Morgan fingerprint density at radius 1 is 1.42 bits per heavy atom. The molecule has 0 radical (unpaired) electrons. The van der Waals surface area contributed by atoms with Crippen LogP contribution in [0.15, 0.2) is 0 Å². The number of fused-ring (bicyclic) bond motifs is 1. The minimum atomic E-state index is 0.109. The Morgan fingerprint density at radius 3 is 2.58 bits per heavy atom. The third-order valence-corrected chi connectivity index (χ3v) is 4.98. The van der Waals surface area contributed by atoms with Crippen LogP contribution in [-0.4, -0.2) is 5.78 Å². The number of rotatable bonds is 0. The summed E-state index contributed by atoms with van der Waals surface area (Å²) in [5.41, 5.74) is 0.512. The van der Waals surface area contributed by atoms with E-state index in [-0.39, 0.29) is 5.41 Å². The van der Waals surface area contributed by atoms with Gasteiger partial charge in [-0.3, -0.25) is 4.79 Å². The molecule has 0 N–H and O–H groups in total. The fourth-order valence-corrected chi connectivity index (χ4v) is 4.25. The van der Waals surface area contributed by atoms with Crippen molar-refractivity contribution in [2.75, 3.05) is 0 Å². The van der Waals surface area contributed by atoms with Gasteiger partial charge < -0.3 is 0 Å². The second-order valence-electron chi connectivity index (χ2n) is 5.64. The largest absolute Gasteiger partial charge is 0.299 e. The van der Waals surface area contributed by atoms with Crippen molar-refractivity contribution in [2.45, 2.75) is 39.5 Å². The molecule has 4 fully saturated rings. The molecule has 4 aliphatic carbocycles. The zero-order chi connectivity index (χ0) is 8.56. The van der Waals surface area contributed by atoms with Crippen LogP contribution in [0.2, 0.25) is 0 Å². The third kappa shape index (κ3) is 0.512. The Kier molecular flexibility index (Phi) is 0.971. The summed E-state index contributed by atoms with van der Waals surface area (Å²) in [5, 5.41) is 0. The average molecular weight is 164 g/mol. The molecule has 0 amide bonds. The van der Waals surface area contributed by atoms with E-state index in [4.69, 9.17) is 0 Å². The SMILES string of the molecule is C[C@]12CC[C@@H]3C[C@H]1C(=O)[C@]3(C)C2. The fraction of sp³-hybridized carbons (Fsp3) is 0.909. The van der Waals surface area contributed by atoms with Crippen LogP contribution in [0.3, 0.4) is 0 Å². The minimum Gasteiger partial charge on any atom is -0.299 e.